The summed E-state index contributed by atoms with van der Waals surface area (Å²) in [6, 6.07) is 0. The number of nitrogens with one attached hydrogen (secondary N) is 1. The minimum absolute atomic E-state index is 0.0328. The average Bonchev–Trinajstić information content (AvgIpc) is 2.34. The monoisotopic (exact) mass is 249 g/mol. The minimum Gasteiger partial charge on any atom is -0.378 e. The van der Waals surface area contributed by atoms with Gasteiger partial charge < -0.3 is 19.5 Å². The number of hydrogen-bond acceptors (Lipinski definition) is 5. The fourth-order valence-corrected chi connectivity index (χ4v) is 0.830. The lowest BCUT2D eigenvalue weighted by Crippen LogP contribution is -2.17. The second-order valence-corrected chi connectivity index (χ2v) is 3.08. The average molecular weight is 249 g/mol. The minimum atomic E-state index is 0.0328. The summed E-state index contributed by atoms with van der Waals surface area (Å²) in [5.74, 6) is 0.0328. The molecular formula is C12H27NO4. The third kappa shape index (κ3) is 21.4. The van der Waals surface area contributed by atoms with Crippen molar-refractivity contribution < 1.29 is 19.0 Å². The van der Waals surface area contributed by atoms with Gasteiger partial charge in [-0.1, -0.05) is 13.8 Å². The Bertz CT molecular complexity index is 153. The third-order valence-electron chi connectivity index (χ3n) is 1.55. The molecule has 0 aromatic rings. The fraction of sp³-hybridized carbons (Fsp3) is 0.917. The Labute approximate surface area is 105 Å². The first-order chi connectivity index (χ1) is 8.27. The largest absolute Gasteiger partial charge is 0.378 e. The molecule has 1 N–H and O–H groups in total. The van der Waals surface area contributed by atoms with E-state index in [0.717, 1.165) is 6.54 Å². The molecule has 0 bridgehead atoms. The van der Waals surface area contributed by atoms with Gasteiger partial charge in [-0.25, -0.2) is 0 Å². The first-order valence-electron chi connectivity index (χ1n) is 6.14. The molecule has 0 fully saturated rings. The van der Waals surface area contributed by atoms with Gasteiger partial charge in [-0.2, -0.15) is 0 Å². The van der Waals surface area contributed by atoms with E-state index in [4.69, 9.17) is 14.2 Å². The highest BCUT2D eigenvalue weighted by Gasteiger charge is 1.93. The Hall–Kier alpha value is -0.490. The second-order valence-electron chi connectivity index (χ2n) is 3.08. The van der Waals surface area contributed by atoms with Crippen LogP contribution in [-0.2, 0) is 19.0 Å². The number of hydrogen-bond donors (Lipinski definition) is 1. The van der Waals surface area contributed by atoms with Crippen molar-refractivity contribution in [3.8, 4) is 0 Å². The summed E-state index contributed by atoms with van der Waals surface area (Å²) in [7, 11) is 1.88. The number of ether oxygens (including phenoxy) is 3. The zero-order valence-corrected chi connectivity index (χ0v) is 11.6. The van der Waals surface area contributed by atoms with E-state index in [1.807, 2.05) is 20.9 Å². The van der Waals surface area contributed by atoms with Crippen LogP contribution < -0.4 is 5.32 Å². The van der Waals surface area contributed by atoms with Crippen molar-refractivity contribution in [3.05, 3.63) is 0 Å². The van der Waals surface area contributed by atoms with Crippen LogP contribution in [0.2, 0.25) is 0 Å². The molecule has 0 aromatic carbocycles. The normalized spacial score (nSPS) is 9.65. The molecule has 0 aliphatic rings. The lowest BCUT2D eigenvalue weighted by molar-refractivity contribution is -0.122. The molecule has 0 saturated carbocycles. The van der Waals surface area contributed by atoms with Crippen LogP contribution in [0.15, 0.2) is 0 Å². The van der Waals surface area contributed by atoms with Crippen molar-refractivity contribution in [3.63, 3.8) is 0 Å². The molecule has 0 aliphatic carbocycles. The summed E-state index contributed by atoms with van der Waals surface area (Å²) in [4.78, 5) is 10.5. The maximum Gasteiger partial charge on any atom is 0.155 e. The molecule has 0 rings (SSSR count). The number of rotatable bonds is 11. The van der Waals surface area contributed by atoms with Gasteiger partial charge in [0, 0.05) is 6.54 Å². The van der Waals surface area contributed by atoms with E-state index < -0.39 is 0 Å². The van der Waals surface area contributed by atoms with Gasteiger partial charge in [0.2, 0.25) is 0 Å². The molecule has 0 atom stereocenters. The van der Waals surface area contributed by atoms with Crippen molar-refractivity contribution >= 4 is 5.78 Å². The number of Topliss-reactive ketones (excluding diaryl/α,β-unsaturated/α-hetero) is 1. The first kappa shape index (κ1) is 18.9. The summed E-state index contributed by atoms with van der Waals surface area (Å²) < 4.78 is 15.5. The van der Waals surface area contributed by atoms with Gasteiger partial charge in [0.25, 0.3) is 0 Å². The third-order valence-corrected chi connectivity index (χ3v) is 1.55. The van der Waals surface area contributed by atoms with Crippen molar-refractivity contribution in [1.82, 2.24) is 5.32 Å². The van der Waals surface area contributed by atoms with E-state index in [-0.39, 0.29) is 12.4 Å². The number of carbonyl (C=O) groups is 1. The van der Waals surface area contributed by atoms with Crippen LogP contribution in [0.3, 0.4) is 0 Å². The lowest BCUT2D eigenvalue weighted by atomic mass is 10.5. The smallest absolute Gasteiger partial charge is 0.155 e. The Morgan fingerprint density at radius 3 is 1.88 bits per heavy atom. The molecule has 0 heterocycles. The number of likely N-dealkylation sites (N-methyl/N-ethyl adjacent to an activating group) is 1. The van der Waals surface area contributed by atoms with Gasteiger partial charge >= 0.3 is 0 Å². The van der Waals surface area contributed by atoms with Crippen LogP contribution in [0.1, 0.15) is 20.8 Å². The standard InChI is InChI=1S/C10H21NO4.C2H6/c1-10(12)9-15-8-7-14-6-5-13-4-3-11-2;1-2/h11H,3-9H2,1-2H3;1-2H3. The zero-order chi connectivity index (χ0) is 13.4. The highest BCUT2D eigenvalue weighted by molar-refractivity contribution is 5.76. The highest BCUT2D eigenvalue weighted by Crippen LogP contribution is 1.81. The van der Waals surface area contributed by atoms with Crippen molar-refractivity contribution in [2.75, 3.05) is 53.2 Å². The summed E-state index contributed by atoms with van der Waals surface area (Å²) in [6.45, 7) is 9.32. The molecule has 0 aromatic heterocycles. The lowest BCUT2D eigenvalue weighted by Gasteiger charge is -2.05. The van der Waals surface area contributed by atoms with Crippen LogP contribution in [-0.4, -0.2) is 59.0 Å². The highest BCUT2D eigenvalue weighted by atomic mass is 16.5. The predicted molar refractivity (Wildman–Crippen MR) is 68.4 cm³/mol. The van der Waals surface area contributed by atoms with Gasteiger partial charge in [-0.15, -0.1) is 0 Å². The zero-order valence-electron chi connectivity index (χ0n) is 11.6. The van der Waals surface area contributed by atoms with Crippen molar-refractivity contribution in [2.24, 2.45) is 0 Å². The number of carbonyl (C=O) groups excluding carboxylic acids is 1. The molecule has 5 nitrogen and oxygen atoms in total. The number of ketones is 1. The Morgan fingerprint density at radius 2 is 1.41 bits per heavy atom. The Morgan fingerprint density at radius 1 is 0.941 bits per heavy atom. The predicted octanol–water partition coefficient (Wildman–Crippen LogP) is 0.871. The van der Waals surface area contributed by atoms with Crippen molar-refractivity contribution in [2.45, 2.75) is 20.8 Å². The first-order valence-corrected chi connectivity index (χ1v) is 6.14. The summed E-state index contributed by atoms with van der Waals surface area (Å²) in [5, 5.41) is 2.98. The second kappa shape index (κ2) is 17.9. The Balaban J connectivity index is 0. The fourth-order valence-electron chi connectivity index (χ4n) is 0.830. The van der Waals surface area contributed by atoms with Gasteiger partial charge in [0.15, 0.2) is 5.78 Å². The quantitative estimate of drug-likeness (QED) is 0.551. The summed E-state index contributed by atoms with van der Waals surface area (Å²) in [6.07, 6.45) is 0. The van der Waals surface area contributed by atoms with Gasteiger partial charge in [0.1, 0.15) is 6.61 Å². The molecule has 104 valence electrons. The summed E-state index contributed by atoms with van der Waals surface area (Å²) in [5.41, 5.74) is 0. The van der Waals surface area contributed by atoms with Crippen LogP contribution >= 0.6 is 0 Å². The molecule has 17 heavy (non-hydrogen) atoms. The van der Waals surface area contributed by atoms with Crippen LogP contribution in [0.4, 0.5) is 0 Å². The molecular weight excluding hydrogens is 222 g/mol. The van der Waals surface area contributed by atoms with E-state index >= 15 is 0 Å². The molecule has 0 amide bonds. The topological polar surface area (TPSA) is 56.8 Å². The maximum atomic E-state index is 10.5. The van der Waals surface area contributed by atoms with E-state index in [0.29, 0.717) is 33.0 Å². The molecule has 0 radical (unpaired) electrons. The van der Waals surface area contributed by atoms with Gasteiger partial charge in [-0.3, -0.25) is 4.79 Å². The van der Waals surface area contributed by atoms with Crippen molar-refractivity contribution in [1.29, 1.82) is 0 Å². The SMILES string of the molecule is CC.CNCCOCCOCCOCC(C)=O. The van der Waals surface area contributed by atoms with E-state index in [1.54, 1.807) is 0 Å². The van der Waals surface area contributed by atoms with Gasteiger partial charge in [-0.05, 0) is 14.0 Å². The Kier molecular flexibility index (Phi) is 19.9. The van der Waals surface area contributed by atoms with Crippen LogP contribution in [0, 0.1) is 0 Å². The molecule has 0 unspecified atom stereocenters. The molecule has 0 aliphatic heterocycles. The van der Waals surface area contributed by atoms with Crippen LogP contribution in [0.5, 0.6) is 0 Å². The molecule has 0 saturated heterocycles. The van der Waals surface area contributed by atoms with Gasteiger partial charge in [0.05, 0.1) is 33.0 Å². The molecule has 0 spiro atoms. The maximum absolute atomic E-state index is 10.5. The van der Waals surface area contributed by atoms with E-state index in [1.165, 1.54) is 6.92 Å². The van der Waals surface area contributed by atoms with Crippen LogP contribution in [0.25, 0.3) is 0 Å². The summed E-state index contributed by atoms with van der Waals surface area (Å²) >= 11 is 0. The van der Waals surface area contributed by atoms with E-state index in [2.05, 4.69) is 5.32 Å². The molecule has 5 heteroatoms. The van der Waals surface area contributed by atoms with E-state index in [9.17, 15) is 4.79 Å².